The first-order valence-corrected chi connectivity index (χ1v) is 11.7. The second kappa shape index (κ2) is 10.6. The quantitative estimate of drug-likeness (QED) is 0.188. The highest BCUT2D eigenvalue weighted by atomic mass is 35.5. The summed E-state index contributed by atoms with van der Waals surface area (Å²) in [5.74, 6) is 0.145. The summed E-state index contributed by atoms with van der Waals surface area (Å²) in [7, 11) is 0. The van der Waals surface area contributed by atoms with Crippen LogP contribution in [-0.4, -0.2) is 51.4 Å². The maximum absolute atomic E-state index is 12.3. The topological polar surface area (TPSA) is 163 Å². The molecular weight excluding hydrogens is 513 g/mol. The lowest BCUT2D eigenvalue weighted by Crippen LogP contribution is -2.25. The van der Waals surface area contributed by atoms with Gasteiger partial charge in [-0.2, -0.15) is 10.4 Å². The molecule has 4 aromatic rings. The predicted octanol–water partition coefficient (Wildman–Crippen LogP) is 3.07. The summed E-state index contributed by atoms with van der Waals surface area (Å²) in [5, 5.41) is 23.5. The molecule has 3 aromatic heterocycles. The number of nitrogen functional groups attached to an aromatic ring is 1. The molecule has 0 unspecified atom stereocenters. The number of rotatable bonds is 9. The number of nitriles is 1. The largest absolute Gasteiger partial charge is 0.382 e. The summed E-state index contributed by atoms with van der Waals surface area (Å²) in [4.78, 5) is 32.1. The Morgan fingerprint density at radius 1 is 1.23 bits per heavy atom. The Balaban J connectivity index is 1.61. The third kappa shape index (κ3) is 5.43. The van der Waals surface area contributed by atoms with Gasteiger partial charge in [-0.25, -0.2) is 14.5 Å². The smallest absolute Gasteiger partial charge is 0.272 e. The van der Waals surface area contributed by atoms with Gasteiger partial charge < -0.3 is 26.5 Å². The van der Waals surface area contributed by atoms with Gasteiger partial charge in [-0.15, -0.1) is 0 Å². The van der Waals surface area contributed by atoms with Crippen molar-refractivity contribution in [2.45, 2.75) is 0 Å². The Labute approximate surface area is 212 Å². The van der Waals surface area contributed by atoms with Gasteiger partial charge in [0.05, 0.1) is 23.5 Å². The van der Waals surface area contributed by atoms with Crippen molar-refractivity contribution in [2.24, 2.45) is 0 Å². The molecule has 0 aliphatic heterocycles. The zero-order valence-electron chi connectivity index (χ0n) is 17.9. The van der Waals surface area contributed by atoms with E-state index in [0.717, 1.165) is 11.3 Å². The fourth-order valence-electron chi connectivity index (χ4n) is 3.12. The van der Waals surface area contributed by atoms with Gasteiger partial charge in [0.15, 0.2) is 22.5 Å². The molecule has 5 N–H and O–H groups in total. The maximum atomic E-state index is 12.3. The van der Waals surface area contributed by atoms with Gasteiger partial charge >= 0.3 is 0 Å². The van der Waals surface area contributed by atoms with Gasteiger partial charge in [-0.05, 0) is 18.2 Å². The van der Waals surface area contributed by atoms with Crippen molar-refractivity contribution in [1.29, 1.82) is 5.26 Å². The van der Waals surface area contributed by atoms with Crippen LogP contribution in [0.2, 0.25) is 10.0 Å². The molecule has 35 heavy (non-hydrogen) atoms. The van der Waals surface area contributed by atoms with E-state index in [9.17, 15) is 9.59 Å². The van der Waals surface area contributed by atoms with Crippen molar-refractivity contribution in [3.05, 3.63) is 51.1 Å². The van der Waals surface area contributed by atoms with Gasteiger partial charge in [0.25, 0.3) is 5.91 Å². The normalized spacial score (nSPS) is 10.7. The van der Waals surface area contributed by atoms with Gasteiger partial charge in [0.1, 0.15) is 22.7 Å². The Hall–Kier alpha value is -3.92. The molecule has 0 aliphatic carbocycles. The predicted molar refractivity (Wildman–Crippen MR) is 135 cm³/mol. The number of nitrogens with one attached hydrogen (secondary N) is 3. The number of hydrogen-bond donors (Lipinski definition) is 4. The van der Waals surface area contributed by atoms with E-state index in [1.807, 2.05) is 6.07 Å². The Bertz CT molecular complexity index is 1460. The molecule has 3 heterocycles. The van der Waals surface area contributed by atoms with Crippen LogP contribution in [0.5, 0.6) is 0 Å². The molecule has 1 aromatic carbocycles. The number of hydrogen-bond acceptors (Lipinski definition) is 10. The summed E-state index contributed by atoms with van der Waals surface area (Å²) < 4.78 is 1.51. The lowest BCUT2D eigenvalue weighted by Gasteiger charge is -2.11. The number of thiazole rings is 1. The number of halogens is 2. The first kappa shape index (κ1) is 24.2. The van der Waals surface area contributed by atoms with Crippen molar-refractivity contribution in [3.8, 4) is 17.3 Å². The fraction of sp³-hybridized carbons (Fsp3) is 0.143. The van der Waals surface area contributed by atoms with Crippen LogP contribution in [0.1, 0.15) is 15.4 Å². The Morgan fingerprint density at radius 2 is 2.03 bits per heavy atom. The summed E-state index contributed by atoms with van der Waals surface area (Å²) >= 11 is 13.6. The van der Waals surface area contributed by atoms with Crippen LogP contribution in [0.4, 0.5) is 16.8 Å². The lowest BCUT2D eigenvalue weighted by molar-refractivity contribution is -0.107. The van der Waals surface area contributed by atoms with E-state index < -0.39 is 5.91 Å². The third-order valence-electron chi connectivity index (χ3n) is 4.69. The highest BCUT2D eigenvalue weighted by Crippen LogP contribution is 2.31. The molecule has 0 fully saturated rings. The maximum Gasteiger partial charge on any atom is 0.272 e. The lowest BCUT2D eigenvalue weighted by atomic mass is 10.1. The highest BCUT2D eigenvalue weighted by molar-refractivity contribution is 7.16. The number of anilines is 3. The Morgan fingerprint density at radius 3 is 2.74 bits per heavy atom. The van der Waals surface area contributed by atoms with Crippen molar-refractivity contribution in [3.63, 3.8) is 0 Å². The average Bonchev–Trinajstić information content (AvgIpc) is 3.43. The summed E-state index contributed by atoms with van der Waals surface area (Å²) in [6.45, 7) is 0.736. The van der Waals surface area contributed by atoms with Crippen molar-refractivity contribution in [1.82, 2.24) is 24.9 Å². The highest BCUT2D eigenvalue weighted by Gasteiger charge is 2.17. The summed E-state index contributed by atoms with van der Waals surface area (Å²) in [6.07, 6.45) is 2.23. The number of carbonyl (C=O) groups excluding carboxylic acids is 2. The van der Waals surface area contributed by atoms with E-state index in [1.54, 1.807) is 30.5 Å². The molecule has 11 nitrogen and oxygen atoms in total. The van der Waals surface area contributed by atoms with E-state index in [4.69, 9.17) is 34.2 Å². The number of amides is 1. The van der Waals surface area contributed by atoms with E-state index in [1.165, 1.54) is 4.52 Å². The number of nitrogens with two attached hydrogens (primary N) is 1. The minimum atomic E-state index is -0.492. The molecule has 0 saturated carbocycles. The standard InChI is InChI=1S/C21H17Cl2N9O2S/c22-11-1-2-12(13(23)7-11)15-10-32-16(8-14(31-32)20(34)27-5-6-33)19(29-15)26-3-4-28-21-30-18(25)17(9-24)35-21/h1-2,6-8,10H,3-5,25H2,(H,26,29)(H,27,34)(H,28,30). The number of benzene rings is 1. The van der Waals surface area contributed by atoms with Crippen LogP contribution < -0.4 is 21.7 Å². The van der Waals surface area contributed by atoms with Crippen molar-refractivity contribution in [2.75, 3.05) is 36.0 Å². The van der Waals surface area contributed by atoms with Crippen LogP contribution in [0.25, 0.3) is 16.8 Å². The zero-order valence-corrected chi connectivity index (χ0v) is 20.2. The number of nitrogens with zero attached hydrogens (tertiary/aromatic N) is 5. The number of fused-ring (bicyclic) bond motifs is 1. The van der Waals surface area contributed by atoms with Gasteiger partial charge in [0.2, 0.25) is 0 Å². The Kier molecular flexibility index (Phi) is 7.31. The molecule has 14 heteroatoms. The second-order valence-corrected chi connectivity index (χ2v) is 8.88. The fourth-order valence-corrected chi connectivity index (χ4v) is 4.34. The first-order valence-electron chi connectivity index (χ1n) is 10.1. The molecular formula is C21H17Cl2N9O2S. The van der Waals surface area contributed by atoms with E-state index in [2.05, 4.69) is 31.0 Å². The zero-order chi connectivity index (χ0) is 24.9. The molecule has 1 amide bonds. The first-order chi connectivity index (χ1) is 16.9. The number of aromatic nitrogens is 4. The van der Waals surface area contributed by atoms with Crippen LogP contribution in [0, 0.1) is 11.3 Å². The van der Waals surface area contributed by atoms with Crippen LogP contribution in [0.15, 0.2) is 30.5 Å². The van der Waals surface area contributed by atoms with Gasteiger partial charge in [-0.1, -0.05) is 34.5 Å². The molecule has 0 aliphatic rings. The van der Waals surface area contributed by atoms with Crippen molar-refractivity contribution >= 4 is 69.0 Å². The van der Waals surface area contributed by atoms with Gasteiger partial charge in [0, 0.05) is 29.7 Å². The van der Waals surface area contributed by atoms with E-state index >= 15 is 0 Å². The average molecular weight is 530 g/mol. The van der Waals surface area contributed by atoms with Gasteiger partial charge in [-0.3, -0.25) is 4.79 Å². The van der Waals surface area contributed by atoms with E-state index in [-0.39, 0.29) is 18.1 Å². The minimum absolute atomic E-state index is 0.122. The SMILES string of the molecule is N#Cc1sc(NCCNc2nc(-c3ccc(Cl)cc3Cl)cn3nc(C(=O)NCC=O)cc23)nc1N. The third-order valence-corrected chi connectivity index (χ3v) is 6.17. The summed E-state index contributed by atoms with van der Waals surface area (Å²) in [5.41, 5.74) is 7.49. The number of aldehydes is 1. The van der Waals surface area contributed by atoms with Crippen molar-refractivity contribution < 1.29 is 9.59 Å². The molecule has 0 radical (unpaired) electrons. The second-order valence-electron chi connectivity index (χ2n) is 7.03. The number of carbonyl (C=O) groups is 2. The molecule has 0 spiro atoms. The van der Waals surface area contributed by atoms with Crippen LogP contribution in [0.3, 0.4) is 0 Å². The molecule has 0 saturated heterocycles. The molecule has 178 valence electrons. The molecule has 0 atom stereocenters. The van der Waals surface area contributed by atoms with E-state index in [0.29, 0.717) is 62.0 Å². The van der Waals surface area contributed by atoms with Crippen LogP contribution in [-0.2, 0) is 4.79 Å². The molecule has 0 bridgehead atoms. The summed E-state index contributed by atoms with van der Waals surface area (Å²) in [6, 6.07) is 8.60. The van der Waals surface area contributed by atoms with Crippen LogP contribution >= 0.6 is 34.5 Å². The minimum Gasteiger partial charge on any atom is -0.382 e. The monoisotopic (exact) mass is 529 g/mol. The molecule has 4 rings (SSSR count).